The summed E-state index contributed by atoms with van der Waals surface area (Å²) in [6, 6.07) is 8.12. The molecule has 1 saturated carbocycles. The lowest BCUT2D eigenvalue weighted by atomic mass is 9.90. The smallest absolute Gasteiger partial charge is 0.305 e. The standard InChI is InChI=1S/C30H43ClO6/c1-34-21-23-11-9-10-22(18-23)19-24(32)15-16-26-25(12-5-3-4-6-13-29(33)35-2)27(31)20-28(26)37-30-14-7-8-17-36-30/h3,5,9-11,15-16,18,24-28,30,32H,4,6-8,12-14,17,19-21H2,1-2H3/b5-3-,16-15+/t24-,25-,26-,27-,28-,30?/m1/s1. The van der Waals surface area contributed by atoms with Crippen LogP contribution in [0, 0.1) is 11.8 Å². The van der Waals surface area contributed by atoms with E-state index in [-0.39, 0.29) is 35.6 Å². The molecule has 6 atom stereocenters. The van der Waals surface area contributed by atoms with Crippen molar-refractivity contribution in [3.63, 3.8) is 0 Å². The van der Waals surface area contributed by atoms with Crippen LogP contribution in [0.3, 0.4) is 0 Å². The van der Waals surface area contributed by atoms with Crippen LogP contribution in [0.5, 0.6) is 0 Å². The van der Waals surface area contributed by atoms with Gasteiger partial charge in [0.25, 0.3) is 0 Å². The van der Waals surface area contributed by atoms with E-state index in [0.29, 0.717) is 19.4 Å². The van der Waals surface area contributed by atoms with Crippen LogP contribution in [0.1, 0.15) is 62.5 Å². The fraction of sp³-hybridized carbons (Fsp3) is 0.633. The van der Waals surface area contributed by atoms with Crippen molar-refractivity contribution < 1.29 is 28.8 Å². The van der Waals surface area contributed by atoms with Gasteiger partial charge in [-0.2, -0.15) is 0 Å². The Bertz CT molecular complexity index is 865. The van der Waals surface area contributed by atoms with E-state index in [2.05, 4.69) is 24.3 Å². The van der Waals surface area contributed by atoms with Crippen molar-refractivity contribution in [2.75, 3.05) is 20.8 Å². The molecule has 1 aromatic rings. The first-order chi connectivity index (χ1) is 18.0. The largest absolute Gasteiger partial charge is 0.469 e. The molecule has 0 bridgehead atoms. The summed E-state index contributed by atoms with van der Waals surface area (Å²) in [5.41, 5.74) is 2.17. The Kier molecular flexibility index (Phi) is 13.2. The summed E-state index contributed by atoms with van der Waals surface area (Å²) in [6.07, 6.45) is 14.7. The van der Waals surface area contributed by atoms with Gasteiger partial charge in [0.2, 0.25) is 0 Å². The molecule has 37 heavy (non-hydrogen) atoms. The van der Waals surface area contributed by atoms with E-state index < -0.39 is 6.10 Å². The average molecular weight is 535 g/mol. The first-order valence-corrected chi connectivity index (χ1v) is 14.0. The number of unbranched alkanes of at least 4 members (excludes halogenated alkanes) is 1. The van der Waals surface area contributed by atoms with E-state index in [1.165, 1.54) is 7.11 Å². The highest BCUT2D eigenvalue weighted by atomic mass is 35.5. The maximum absolute atomic E-state index is 11.3. The number of benzene rings is 1. The third kappa shape index (κ3) is 10.2. The molecule has 2 aliphatic rings. The molecule has 1 unspecified atom stereocenters. The number of allylic oxidation sites excluding steroid dienone is 2. The van der Waals surface area contributed by atoms with E-state index in [0.717, 1.165) is 62.7 Å². The van der Waals surface area contributed by atoms with Crippen molar-refractivity contribution in [2.24, 2.45) is 11.8 Å². The number of alkyl halides is 1. The second kappa shape index (κ2) is 16.3. The lowest BCUT2D eigenvalue weighted by Gasteiger charge is -2.29. The normalized spacial score (nSPS) is 27.2. The number of rotatable bonds is 14. The zero-order valence-electron chi connectivity index (χ0n) is 22.2. The SMILES string of the molecule is COCc1cccc(C[C@H](O)/C=C/[C@@H]2[C@@H](C/C=C\CCCC(=O)OC)[C@H](Cl)C[C@H]2OC2CCCCO2)c1. The molecule has 0 amide bonds. The second-order valence-electron chi connectivity index (χ2n) is 10.0. The Morgan fingerprint density at radius 1 is 1.24 bits per heavy atom. The quantitative estimate of drug-likeness (QED) is 0.142. The van der Waals surface area contributed by atoms with Crippen LogP contribution < -0.4 is 0 Å². The number of methoxy groups -OCH3 is 2. The number of aliphatic hydroxyl groups is 1. The van der Waals surface area contributed by atoms with Crippen LogP contribution in [0.25, 0.3) is 0 Å². The molecule has 206 valence electrons. The van der Waals surface area contributed by atoms with Crippen molar-refractivity contribution >= 4 is 17.6 Å². The number of halogens is 1. The van der Waals surface area contributed by atoms with E-state index >= 15 is 0 Å². The molecule has 1 heterocycles. The molecule has 0 aromatic heterocycles. The number of carbonyl (C=O) groups excluding carboxylic acids is 1. The van der Waals surface area contributed by atoms with Gasteiger partial charge in [0, 0.05) is 37.9 Å². The van der Waals surface area contributed by atoms with Crippen LogP contribution in [0.2, 0.25) is 0 Å². The highest BCUT2D eigenvalue weighted by Crippen LogP contribution is 2.42. The van der Waals surface area contributed by atoms with Crippen molar-refractivity contribution in [1.29, 1.82) is 0 Å². The van der Waals surface area contributed by atoms with Crippen LogP contribution >= 0.6 is 11.6 Å². The number of hydrogen-bond acceptors (Lipinski definition) is 6. The molecule has 0 radical (unpaired) electrons. The molecule has 1 N–H and O–H groups in total. The van der Waals surface area contributed by atoms with Crippen molar-refractivity contribution in [3.8, 4) is 0 Å². The minimum absolute atomic E-state index is 0.0224. The topological polar surface area (TPSA) is 74.2 Å². The van der Waals surface area contributed by atoms with Crippen molar-refractivity contribution in [3.05, 3.63) is 59.7 Å². The summed E-state index contributed by atoms with van der Waals surface area (Å²) in [5, 5.41) is 10.8. The first kappa shape index (κ1) is 29.9. The Morgan fingerprint density at radius 2 is 2.08 bits per heavy atom. The number of aliphatic hydroxyl groups excluding tert-OH is 1. The van der Waals surface area contributed by atoms with Gasteiger partial charge < -0.3 is 24.1 Å². The molecular weight excluding hydrogens is 492 g/mol. The molecule has 1 aliphatic carbocycles. The van der Waals surface area contributed by atoms with Crippen LogP contribution in [0.4, 0.5) is 0 Å². The first-order valence-electron chi connectivity index (χ1n) is 13.6. The maximum Gasteiger partial charge on any atom is 0.305 e. The summed E-state index contributed by atoms with van der Waals surface area (Å²) in [7, 11) is 3.10. The van der Waals surface area contributed by atoms with Gasteiger partial charge in [-0.25, -0.2) is 0 Å². The number of carbonyl (C=O) groups is 1. The highest BCUT2D eigenvalue weighted by Gasteiger charge is 2.42. The van der Waals surface area contributed by atoms with E-state index in [9.17, 15) is 9.90 Å². The predicted octanol–water partition coefficient (Wildman–Crippen LogP) is 5.74. The molecule has 7 heteroatoms. The molecular formula is C30H43ClO6. The monoisotopic (exact) mass is 534 g/mol. The Labute approximate surface area is 227 Å². The molecule has 1 saturated heterocycles. The van der Waals surface area contributed by atoms with E-state index in [1.54, 1.807) is 7.11 Å². The predicted molar refractivity (Wildman–Crippen MR) is 145 cm³/mol. The Balaban J connectivity index is 1.63. The van der Waals surface area contributed by atoms with Gasteiger partial charge in [-0.3, -0.25) is 4.79 Å². The van der Waals surface area contributed by atoms with E-state index in [4.69, 9.17) is 30.5 Å². The average Bonchev–Trinajstić information content (AvgIpc) is 3.19. The summed E-state index contributed by atoms with van der Waals surface area (Å²) < 4.78 is 22.2. The van der Waals surface area contributed by atoms with E-state index in [1.807, 2.05) is 24.3 Å². The number of ether oxygens (including phenoxy) is 4. The zero-order chi connectivity index (χ0) is 26.5. The summed E-state index contributed by atoms with van der Waals surface area (Å²) >= 11 is 6.85. The minimum Gasteiger partial charge on any atom is -0.469 e. The molecule has 3 rings (SSSR count). The Morgan fingerprint density at radius 3 is 2.84 bits per heavy atom. The fourth-order valence-electron chi connectivity index (χ4n) is 5.22. The fourth-order valence-corrected chi connectivity index (χ4v) is 5.67. The summed E-state index contributed by atoms with van der Waals surface area (Å²) in [6.45, 7) is 1.29. The van der Waals surface area contributed by atoms with Crippen molar-refractivity contribution in [1.82, 2.24) is 0 Å². The second-order valence-corrected chi connectivity index (χ2v) is 10.6. The third-order valence-electron chi connectivity index (χ3n) is 7.17. The molecule has 6 nitrogen and oxygen atoms in total. The van der Waals surface area contributed by atoms with Crippen LogP contribution in [-0.2, 0) is 36.8 Å². The lowest BCUT2D eigenvalue weighted by Crippen LogP contribution is -2.30. The van der Waals surface area contributed by atoms with Gasteiger partial charge in [-0.1, -0.05) is 48.6 Å². The van der Waals surface area contributed by atoms with Crippen molar-refractivity contribution in [2.45, 2.75) is 88.3 Å². The van der Waals surface area contributed by atoms with Gasteiger partial charge >= 0.3 is 5.97 Å². The highest BCUT2D eigenvalue weighted by molar-refractivity contribution is 6.21. The number of esters is 1. The molecule has 2 fully saturated rings. The summed E-state index contributed by atoms with van der Waals surface area (Å²) in [5.74, 6) is 0.104. The summed E-state index contributed by atoms with van der Waals surface area (Å²) in [4.78, 5) is 11.3. The Hall–Kier alpha value is -1.70. The zero-order valence-corrected chi connectivity index (χ0v) is 23.0. The van der Waals surface area contributed by atoms with Crippen LogP contribution in [0.15, 0.2) is 48.6 Å². The van der Waals surface area contributed by atoms with Gasteiger partial charge in [0.05, 0.1) is 25.9 Å². The van der Waals surface area contributed by atoms with Gasteiger partial charge in [-0.15, -0.1) is 11.6 Å². The van der Waals surface area contributed by atoms with Gasteiger partial charge in [-0.05, 0) is 62.0 Å². The maximum atomic E-state index is 11.3. The minimum atomic E-state index is -0.603. The lowest BCUT2D eigenvalue weighted by molar-refractivity contribution is -0.192. The van der Waals surface area contributed by atoms with Crippen LogP contribution in [-0.4, -0.2) is 55.8 Å². The number of hydrogen-bond donors (Lipinski definition) is 1. The van der Waals surface area contributed by atoms with Gasteiger partial charge in [0.15, 0.2) is 6.29 Å². The molecule has 1 aromatic carbocycles. The third-order valence-corrected chi connectivity index (χ3v) is 7.67. The molecule has 1 aliphatic heterocycles. The molecule has 0 spiro atoms. The van der Waals surface area contributed by atoms with Gasteiger partial charge in [0.1, 0.15) is 0 Å².